The lowest BCUT2D eigenvalue weighted by atomic mass is 10.1. The van der Waals surface area contributed by atoms with Gasteiger partial charge < -0.3 is 10.5 Å². The monoisotopic (exact) mass is 237 g/mol. The highest BCUT2D eigenvalue weighted by molar-refractivity contribution is 5.29. The van der Waals surface area contributed by atoms with Crippen LogP contribution in [0.1, 0.15) is 17.2 Å². The first-order valence-corrected chi connectivity index (χ1v) is 4.49. The minimum absolute atomic E-state index is 0.0272. The van der Waals surface area contributed by atoms with Crippen molar-refractivity contribution in [3.8, 4) is 0 Å². The molecule has 16 heavy (non-hydrogen) atoms. The molecule has 0 radical (unpaired) electrons. The first kappa shape index (κ1) is 12.9. The molecule has 0 aliphatic heterocycles. The normalized spacial score (nSPS) is 13.9. The van der Waals surface area contributed by atoms with Gasteiger partial charge in [0, 0.05) is 13.7 Å². The Bertz CT molecular complexity index is 360. The van der Waals surface area contributed by atoms with Crippen molar-refractivity contribution in [1.82, 2.24) is 0 Å². The topological polar surface area (TPSA) is 35.2 Å². The maximum Gasteiger partial charge on any atom is 0.419 e. The van der Waals surface area contributed by atoms with Gasteiger partial charge in [-0.1, -0.05) is 6.07 Å². The Hall–Kier alpha value is -1.14. The lowest BCUT2D eigenvalue weighted by Gasteiger charge is -2.15. The molecule has 6 heteroatoms. The van der Waals surface area contributed by atoms with Crippen molar-refractivity contribution in [3.63, 3.8) is 0 Å². The Kier molecular flexibility index (Phi) is 3.88. The van der Waals surface area contributed by atoms with Crippen LogP contribution in [0.15, 0.2) is 18.2 Å². The maximum absolute atomic E-state index is 12.9. The molecule has 2 nitrogen and oxygen atoms in total. The second-order valence-electron chi connectivity index (χ2n) is 3.20. The molecular weight excluding hydrogens is 226 g/mol. The zero-order valence-corrected chi connectivity index (χ0v) is 8.51. The van der Waals surface area contributed by atoms with Crippen LogP contribution in [-0.2, 0) is 10.9 Å². The van der Waals surface area contributed by atoms with Gasteiger partial charge in [0.05, 0.1) is 11.7 Å². The first-order chi connectivity index (χ1) is 7.40. The van der Waals surface area contributed by atoms with Gasteiger partial charge in [0.25, 0.3) is 0 Å². The maximum atomic E-state index is 12.9. The summed E-state index contributed by atoms with van der Waals surface area (Å²) in [5.41, 5.74) is 4.21. The van der Waals surface area contributed by atoms with Crippen LogP contribution in [0, 0.1) is 5.82 Å². The molecule has 1 aromatic rings. The lowest BCUT2D eigenvalue weighted by molar-refractivity contribution is -0.140. The molecule has 0 heterocycles. The van der Waals surface area contributed by atoms with Gasteiger partial charge in [0.2, 0.25) is 0 Å². The summed E-state index contributed by atoms with van der Waals surface area (Å²) in [6, 6.07) is 2.71. The molecule has 0 fully saturated rings. The van der Waals surface area contributed by atoms with Crippen LogP contribution in [0.5, 0.6) is 0 Å². The standard InChI is InChI=1S/C10H11F4NO/c1-16-9(5-15)6-2-3-8(11)7(4-6)10(12,13)14/h2-4,9H,5,15H2,1H3. The van der Waals surface area contributed by atoms with E-state index >= 15 is 0 Å². The average Bonchev–Trinajstić information content (AvgIpc) is 2.20. The predicted molar refractivity (Wildman–Crippen MR) is 50.2 cm³/mol. The summed E-state index contributed by atoms with van der Waals surface area (Å²) < 4.78 is 55.0. The highest BCUT2D eigenvalue weighted by Crippen LogP contribution is 2.33. The van der Waals surface area contributed by atoms with E-state index < -0.39 is 23.7 Å². The van der Waals surface area contributed by atoms with E-state index in [2.05, 4.69) is 0 Å². The lowest BCUT2D eigenvalue weighted by Crippen LogP contribution is -2.16. The Morgan fingerprint density at radius 3 is 2.44 bits per heavy atom. The third-order valence-electron chi connectivity index (χ3n) is 2.17. The van der Waals surface area contributed by atoms with Gasteiger partial charge in [0.15, 0.2) is 0 Å². The molecular formula is C10H11F4NO. The predicted octanol–water partition coefficient (Wildman–Crippen LogP) is 2.49. The number of nitrogens with two attached hydrogens (primary N) is 1. The fourth-order valence-corrected chi connectivity index (χ4v) is 1.33. The Morgan fingerprint density at radius 1 is 1.38 bits per heavy atom. The van der Waals surface area contributed by atoms with Crippen molar-refractivity contribution in [3.05, 3.63) is 35.1 Å². The smallest absolute Gasteiger partial charge is 0.375 e. The number of benzene rings is 1. The third kappa shape index (κ3) is 2.70. The molecule has 1 aromatic carbocycles. The highest BCUT2D eigenvalue weighted by atomic mass is 19.4. The molecule has 0 aliphatic rings. The van der Waals surface area contributed by atoms with Crippen molar-refractivity contribution in [2.75, 3.05) is 13.7 Å². The zero-order valence-electron chi connectivity index (χ0n) is 8.51. The quantitative estimate of drug-likeness (QED) is 0.820. The molecule has 0 saturated heterocycles. The molecule has 1 rings (SSSR count). The van der Waals surface area contributed by atoms with Crippen molar-refractivity contribution in [2.24, 2.45) is 5.73 Å². The minimum atomic E-state index is -4.72. The first-order valence-electron chi connectivity index (χ1n) is 4.49. The number of hydrogen-bond acceptors (Lipinski definition) is 2. The fraction of sp³-hybridized carbons (Fsp3) is 0.400. The second-order valence-corrected chi connectivity index (χ2v) is 3.20. The van der Waals surface area contributed by atoms with E-state index in [9.17, 15) is 17.6 Å². The number of hydrogen-bond donors (Lipinski definition) is 1. The van der Waals surface area contributed by atoms with Gasteiger partial charge in [-0.15, -0.1) is 0 Å². The number of alkyl halides is 3. The van der Waals surface area contributed by atoms with E-state index in [1.165, 1.54) is 13.2 Å². The molecule has 1 atom stereocenters. The third-order valence-corrected chi connectivity index (χ3v) is 2.17. The van der Waals surface area contributed by atoms with Crippen molar-refractivity contribution in [2.45, 2.75) is 12.3 Å². The molecule has 90 valence electrons. The summed E-state index contributed by atoms with van der Waals surface area (Å²) in [4.78, 5) is 0. The van der Waals surface area contributed by atoms with Crippen molar-refractivity contribution < 1.29 is 22.3 Å². The van der Waals surface area contributed by atoms with E-state index in [0.717, 1.165) is 12.1 Å². The number of ether oxygens (including phenoxy) is 1. The van der Waals surface area contributed by atoms with Crippen molar-refractivity contribution >= 4 is 0 Å². The van der Waals surface area contributed by atoms with Crippen LogP contribution in [0.25, 0.3) is 0 Å². The Balaban J connectivity index is 3.17. The Morgan fingerprint density at radius 2 is 2.00 bits per heavy atom. The van der Waals surface area contributed by atoms with E-state index in [1.807, 2.05) is 0 Å². The summed E-state index contributed by atoms with van der Waals surface area (Å²) in [7, 11) is 1.33. The SMILES string of the molecule is COC(CN)c1ccc(F)c(C(F)(F)F)c1. The molecule has 0 spiro atoms. The molecule has 1 unspecified atom stereocenters. The summed E-state index contributed by atoms with van der Waals surface area (Å²) >= 11 is 0. The number of rotatable bonds is 3. The van der Waals surface area contributed by atoms with Crippen LogP contribution in [0.4, 0.5) is 17.6 Å². The van der Waals surface area contributed by atoms with Crippen LogP contribution >= 0.6 is 0 Å². The van der Waals surface area contributed by atoms with Gasteiger partial charge in [-0.3, -0.25) is 0 Å². The summed E-state index contributed by atoms with van der Waals surface area (Å²) in [5, 5.41) is 0. The highest BCUT2D eigenvalue weighted by Gasteiger charge is 2.34. The fourth-order valence-electron chi connectivity index (χ4n) is 1.33. The largest absolute Gasteiger partial charge is 0.419 e. The van der Waals surface area contributed by atoms with Gasteiger partial charge in [-0.05, 0) is 17.7 Å². The summed E-state index contributed by atoms with van der Waals surface area (Å²) in [6.07, 6.45) is -5.38. The van der Waals surface area contributed by atoms with Crippen molar-refractivity contribution in [1.29, 1.82) is 0 Å². The molecule has 2 N–H and O–H groups in total. The molecule has 0 aromatic heterocycles. The minimum Gasteiger partial charge on any atom is -0.375 e. The van der Waals surface area contributed by atoms with Gasteiger partial charge in [-0.25, -0.2) is 4.39 Å². The van der Waals surface area contributed by atoms with E-state index in [4.69, 9.17) is 10.5 Å². The van der Waals surface area contributed by atoms with Gasteiger partial charge in [0.1, 0.15) is 5.82 Å². The second kappa shape index (κ2) is 4.80. The van der Waals surface area contributed by atoms with Crippen LogP contribution in [-0.4, -0.2) is 13.7 Å². The van der Waals surface area contributed by atoms with Gasteiger partial charge in [-0.2, -0.15) is 13.2 Å². The van der Waals surface area contributed by atoms with E-state index in [0.29, 0.717) is 0 Å². The summed E-state index contributed by atoms with van der Waals surface area (Å²) in [6.45, 7) is 0.0272. The molecule has 0 amide bonds. The number of halogens is 4. The molecule has 0 bridgehead atoms. The van der Waals surface area contributed by atoms with Crippen LogP contribution in [0.3, 0.4) is 0 Å². The van der Waals surface area contributed by atoms with Crippen LogP contribution < -0.4 is 5.73 Å². The number of methoxy groups -OCH3 is 1. The molecule has 0 aliphatic carbocycles. The van der Waals surface area contributed by atoms with E-state index in [1.54, 1.807) is 0 Å². The Labute approximate surface area is 90.0 Å². The summed E-state index contributed by atoms with van der Waals surface area (Å²) in [5.74, 6) is -1.30. The van der Waals surface area contributed by atoms with E-state index in [-0.39, 0.29) is 12.1 Å². The average molecular weight is 237 g/mol. The van der Waals surface area contributed by atoms with Gasteiger partial charge >= 0.3 is 6.18 Å². The molecule has 0 saturated carbocycles. The zero-order chi connectivity index (χ0) is 12.3. The van der Waals surface area contributed by atoms with Crippen LogP contribution in [0.2, 0.25) is 0 Å².